The van der Waals surface area contributed by atoms with Crippen LogP contribution in [0, 0.1) is 6.92 Å². The Balaban J connectivity index is 1.94. The molecule has 1 aromatic heterocycles. The number of hydrogen-bond donors (Lipinski definition) is 1. The highest BCUT2D eigenvalue weighted by Crippen LogP contribution is 2.28. The normalized spacial score (nSPS) is 15.6. The van der Waals surface area contributed by atoms with E-state index in [1.807, 2.05) is 19.2 Å². The van der Waals surface area contributed by atoms with E-state index in [1.54, 1.807) is 0 Å². The molecule has 2 aromatic rings. The molecule has 1 aliphatic rings. The molecule has 1 aromatic carbocycles. The Labute approximate surface area is 114 Å². The smallest absolute Gasteiger partial charge is 0.137 e. The summed E-state index contributed by atoms with van der Waals surface area (Å²) >= 11 is 0. The lowest BCUT2D eigenvalue weighted by atomic mass is 10.1. The highest BCUT2D eigenvalue weighted by Gasteiger charge is 2.17. The first-order chi connectivity index (χ1) is 9.33. The number of nitrogens with zero attached hydrogens (tertiary/aromatic N) is 2. The summed E-state index contributed by atoms with van der Waals surface area (Å²) in [4.78, 5) is 8.93. The van der Waals surface area contributed by atoms with Crippen LogP contribution < -0.4 is 5.32 Å². The van der Waals surface area contributed by atoms with E-state index in [2.05, 4.69) is 39.6 Å². The van der Waals surface area contributed by atoms with Crippen molar-refractivity contribution >= 4 is 5.82 Å². The van der Waals surface area contributed by atoms with Gasteiger partial charge in [-0.3, -0.25) is 0 Å². The lowest BCUT2D eigenvalue weighted by Gasteiger charge is -2.16. The third kappa shape index (κ3) is 2.75. The first-order valence-electron chi connectivity index (χ1n) is 6.98. The minimum Gasteiger partial charge on any atom is -0.367 e. The molecule has 0 aliphatic heterocycles. The third-order valence-electron chi connectivity index (χ3n) is 3.69. The fraction of sp³-hybridized carbons (Fsp3) is 0.375. The van der Waals surface area contributed by atoms with Gasteiger partial charge in [0.2, 0.25) is 0 Å². The number of nitrogens with one attached hydrogen (secondary N) is 1. The van der Waals surface area contributed by atoms with Crippen molar-refractivity contribution in [2.45, 2.75) is 38.6 Å². The molecule has 0 spiro atoms. The number of aromatic nitrogens is 2. The van der Waals surface area contributed by atoms with E-state index in [9.17, 15) is 0 Å². The Morgan fingerprint density at radius 2 is 1.84 bits per heavy atom. The van der Waals surface area contributed by atoms with Crippen molar-refractivity contribution in [2.24, 2.45) is 0 Å². The molecule has 3 rings (SSSR count). The maximum atomic E-state index is 4.59. The topological polar surface area (TPSA) is 37.8 Å². The van der Waals surface area contributed by atoms with Crippen molar-refractivity contribution in [2.75, 3.05) is 5.32 Å². The number of anilines is 1. The molecular weight excluding hydrogens is 234 g/mol. The highest BCUT2D eigenvalue weighted by atomic mass is 15.1. The number of aryl methyl sites for hydroxylation is 1. The average Bonchev–Trinajstić information content (AvgIpc) is 2.93. The monoisotopic (exact) mass is 253 g/mol. The largest absolute Gasteiger partial charge is 0.367 e. The predicted octanol–water partition coefficient (Wildman–Crippen LogP) is 3.81. The lowest BCUT2D eigenvalue weighted by Crippen LogP contribution is -2.16. The van der Waals surface area contributed by atoms with E-state index in [4.69, 9.17) is 0 Å². The van der Waals surface area contributed by atoms with Crippen molar-refractivity contribution in [3.63, 3.8) is 0 Å². The zero-order chi connectivity index (χ0) is 13.1. The fourth-order valence-corrected chi connectivity index (χ4v) is 2.67. The van der Waals surface area contributed by atoms with Crippen LogP contribution >= 0.6 is 0 Å². The Bertz CT molecular complexity index is 545. The minimum atomic E-state index is 0.566. The van der Waals surface area contributed by atoms with Gasteiger partial charge in [-0.1, -0.05) is 43.2 Å². The molecule has 1 aliphatic carbocycles. The molecule has 1 heterocycles. The zero-order valence-corrected chi connectivity index (χ0v) is 11.3. The van der Waals surface area contributed by atoms with E-state index in [0.29, 0.717) is 6.04 Å². The third-order valence-corrected chi connectivity index (χ3v) is 3.69. The fourth-order valence-electron chi connectivity index (χ4n) is 2.67. The minimum absolute atomic E-state index is 0.566. The van der Waals surface area contributed by atoms with Crippen LogP contribution in [0.25, 0.3) is 11.1 Å². The van der Waals surface area contributed by atoms with Crippen molar-refractivity contribution in [3.8, 4) is 11.1 Å². The Morgan fingerprint density at radius 3 is 2.58 bits per heavy atom. The SMILES string of the molecule is Cc1ncc(-c2ccccc2)c(NC2CCCC2)n1. The molecule has 98 valence electrons. The molecule has 1 saturated carbocycles. The van der Waals surface area contributed by atoms with Gasteiger partial charge in [0.05, 0.1) is 0 Å². The van der Waals surface area contributed by atoms with E-state index in [-0.39, 0.29) is 0 Å². The molecule has 3 nitrogen and oxygen atoms in total. The first-order valence-corrected chi connectivity index (χ1v) is 6.98. The van der Waals surface area contributed by atoms with Gasteiger partial charge in [-0.2, -0.15) is 0 Å². The second kappa shape index (κ2) is 5.39. The van der Waals surface area contributed by atoms with Crippen molar-refractivity contribution in [3.05, 3.63) is 42.4 Å². The number of benzene rings is 1. The number of rotatable bonds is 3. The Hall–Kier alpha value is -1.90. The molecule has 19 heavy (non-hydrogen) atoms. The maximum Gasteiger partial charge on any atom is 0.137 e. The van der Waals surface area contributed by atoms with E-state index in [1.165, 1.54) is 31.2 Å². The summed E-state index contributed by atoms with van der Waals surface area (Å²) in [5.74, 6) is 1.80. The quantitative estimate of drug-likeness (QED) is 0.904. The second-order valence-corrected chi connectivity index (χ2v) is 5.17. The van der Waals surface area contributed by atoms with Gasteiger partial charge in [0.1, 0.15) is 11.6 Å². The van der Waals surface area contributed by atoms with Gasteiger partial charge in [0.15, 0.2) is 0 Å². The predicted molar refractivity (Wildman–Crippen MR) is 78.1 cm³/mol. The lowest BCUT2D eigenvalue weighted by molar-refractivity contribution is 0.749. The van der Waals surface area contributed by atoms with Gasteiger partial charge >= 0.3 is 0 Å². The molecule has 0 unspecified atom stereocenters. The van der Waals surface area contributed by atoms with Gasteiger partial charge in [-0.05, 0) is 25.3 Å². The van der Waals surface area contributed by atoms with Crippen LogP contribution in [-0.2, 0) is 0 Å². The summed E-state index contributed by atoms with van der Waals surface area (Å²) in [7, 11) is 0. The summed E-state index contributed by atoms with van der Waals surface area (Å²) in [6, 6.07) is 10.9. The number of hydrogen-bond acceptors (Lipinski definition) is 3. The summed E-state index contributed by atoms with van der Waals surface area (Å²) < 4.78 is 0. The molecule has 0 saturated heterocycles. The van der Waals surface area contributed by atoms with Crippen molar-refractivity contribution in [1.29, 1.82) is 0 Å². The van der Waals surface area contributed by atoms with Crippen LogP contribution in [-0.4, -0.2) is 16.0 Å². The summed E-state index contributed by atoms with van der Waals surface area (Å²) in [6.07, 6.45) is 7.06. The van der Waals surface area contributed by atoms with Gasteiger partial charge in [0.25, 0.3) is 0 Å². The average molecular weight is 253 g/mol. The summed E-state index contributed by atoms with van der Waals surface area (Å²) in [6.45, 7) is 1.94. The summed E-state index contributed by atoms with van der Waals surface area (Å²) in [5, 5.41) is 3.60. The van der Waals surface area contributed by atoms with E-state index >= 15 is 0 Å². The Kier molecular flexibility index (Phi) is 3.45. The summed E-state index contributed by atoms with van der Waals surface area (Å²) in [5.41, 5.74) is 2.26. The molecule has 0 radical (unpaired) electrons. The first kappa shape index (κ1) is 12.2. The van der Waals surface area contributed by atoms with E-state index in [0.717, 1.165) is 17.2 Å². The van der Waals surface area contributed by atoms with Crippen molar-refractivity contribution < 1.29 is 0 Å². The zero-order valence-electron chi connectivity index (χ0n) is 11.3. The van der Waals surface area contributed by atoms with Crippen LogP contribution in [0.3, 0.4) is 0 Å². The van der Waals surface area contributed by atoms with Crippen LogP contribution in [0.5, 0.6) is 0 Å². The van der Waals surface area contributed by atoms with Crippen molar-refractivity contribution in [1.82, 2.24) is 9.97 Å². The van der Waals surface area contributed by atoms with Gasteiger partial charge in [0, 0.05) is 17.8 Å². The van der Waals surface area contributed by atoms with Crippen LogP contribution in [0.2, 0.25) is 0 Å². The molecule has 3 heteroatoms. The molecular formula is C16H19N3. The van der Waals surface area contributed by atoms with Gasteiger partial charge in [-0.25, -0.2) is 9.97 Å². The van der Waals surface area contributed by atoms with Crippen LogP contribution in [0.1, 0.15) is 31.5 Å². The Morgan fingerprint density at radius 1 is 1.11 bits per heavy atom. The highest BCUT2D eigenvalue weighted by molar-refractivity contribution is 5.74. The molecule has 1 fully saturated rings. The van der Waals surface area contributed by atoms with Crippen LogP contribution in [0.15, 0.2) is 36.5 Å². The van der Waals surface area contributed by atoms with Crippen LogP contribution in [0.4, 0.5) is 5.82 Å². The molecule has 1 N–H and O–H groups in total. The van der Waals surface area contributed by atoms with E-state index < -0.39 is 0 Å². The van der Waals surface area contributed by atoms with Gasteiger partial charge < -0.3 is 5.32 Å². The van der Waals surface area contributed by atoms with Gasteiger partial charge in [-0.15, -0.1) is 0 Å². The maximum absolute atomic E-state index is 4.59. The molecule has 0 atom stereocenters. The second-order valence-electron chi connectivity index (χ2n) is 5.17. The molecule has 0 amide bonds. The standard InChI is InChI=1S/C16H19N3/c1-12-17-11-15(13-7-3-2-4-8-13)16(18-12)19-14-9-5-6-10-14/h2-4,7-8,11,14H,5-6,9-10H2,1H3,(H,17,18,19). The molecule has 0 bridgehead atoms.